The van der Waals surface area contributed by atoms with E-state index < -0.39 is 6.09 Å². The van der Waals surface area contributed by atoms with Crippen molar-refractivity contribution >= 4 is 27.8 Å². The van der Waals surface area contributed by atoms with E-state index in [9.17, 15) is 9.59 Å². The fourth-order valence-corrected chi connectivity index (χ4v) is 1.74. The summed E-state index contributed by atoms with van der Waals surface area (Å²) in [6, 6.07) is 0. The number of rotatable bonds is 0. The van der Waals surface area contributed by atoms with Gasteiger partial charge in [0.2, 0.25) is 0 Å². The Morgan fingerprint density at radius 3 is 2.82 bits per heavy atom. The first-order valence-corrected chi connectivity index (χ1v) is 4.18. The van der Waals surface area contributed by atoms with Crippen molar-refractivity contribution in [1.29, 1.82) is 0 Å². The van der Waals surface area contributed by atoms with Gasteiger partial charge in [-0.15, -0.1) is 0 Å². The number of carboxylic acid groups (broad SMARTS) is 1. The molecule has 1 rings (SSSR count). The number of hydrogen-bond acceptors (Lipinski definition) is 2. The lowest BCUT2D eigenvalue weighted by Gasteiger charge is -2.28. The van der Waals surface area contributed by atoms with E-state index in [0.717, 1.165) is 0 Å². The molecule has 4 nitrogen and oxygen atoms in total. The Morgan fingerprint density at radius 1 is 1.73 bits per heavy atom. The summed E-state index contributed by atoms with van der Waals surface area (Å²) in [5, 5.41) is 8.58. The molecule has 0 saturated carbocycles. The Balaban J connectivity index is 2.57. The molecule has 11 heavy (non-hydrogen) atoms. The molecule has 1 saturated heterocycles. The second kappa shape index (κ2) is 3.21. The molecule has 1 unspecified atom stereocenters. The van der Waals surface area contributed by atoms with Crippen LogP contribution in [0, 0.1) is 0 Å². The van der Waals surface area contributed by atoms with Crippen LogP contribution >= 0.6 is 15.9 Å². The van der Waals surface area contributed by atoms with Crippen LogP contribution in [-0.4, -0.2) is 33.4 Å². The van der Waals surface area contributed by atoms with E-state index in [1.165, 1.54) is 4.90 Å². The minimum Gasteiger partial charge on any atom is -0.465 e. The Labute approximate surface area is 72.3 Å². The minimum absolute atomic E-state index is 0.115. The Bertz CT molecular complexity index is 194. The first kappa shape index (κ1) is 8.52. The number of ketones is 1. The molecule has 0 aliphatic carbocycles. The fraction of sp³-hybridized carbons (Fsp3) is 0.667. The first-order chi connectivity index (χ1) is 5.11. The third-order valence-electron chi connectivity index (χ3n) is 1.61. The van der Waals surface area contributed by atoms with E-state index in [4.69, 9.17) is 5.11 Å². The predicted molar refractivity (Wildman–Crippen MR) is 41.7 cm³/mol. The summed E-state index contributed by atoms with van der Waals surface area (Å²) in [6.07, 6.45) is -0.347. The smallest absolute Gasteiger partial charge is 0.408 e. The van der Waals surface area contributed by atoms with Crippen molar-refractivity contribution in [2.45, 2.75) is 17.8 Å². The van der Waals surface area contributed by atoms with Gasteiger partial charge in [-0.25, -0.2) is 4.79 Å². The van der Waals surface area contributed by atoms with Crippen LogP contribution in [0.2, 0.25) is 0 Å². The number of nitrogens with zero attached hydrogens (tertiary/aromatic N) is 1. The average Bonchev–Trinajstić information content (AvgIpc) is 1.85. The van der Waals surface area contributed by atoms with Crippen LogP contribution in [0.3, 0.4) is 0 Å². The number of hydrogen-bond donors (Lipinski definition) is 1. The lowest BCUT2D eigenvalue weighted by atomic mass is 10.1. The van der Waals surface area contributed by atoms with Crippen molar-refractivity contribution in [1.82, 2.24) is 4.90 Å². The summed E-state index contributed by atoms with van der Waals surface area (Å²) < 4.78 is 0. The number of Topliss-reactive ketones (excluding diaryl/α,β-unsaturated/α-hetero) is 1. The third-order valence-corrected chi connectivity index (χ3v) is 2.43. The number of alkyl halides is 1. The summed E-state index contributed by atoms with van der Waals surface area (Å²) in [6.45, 7) is 0.310. The second-order valence-corrected chi connectivity index (χ2v) is 3.46. The van der Waals surface area contributed by atoms with E-state index in [-0.39, 0.29) is 17.2 Å². The van der Waals surface area contributed by atoms with Gasteiger partial charge in [-0.05, 0) is 0 Å². The van der Waals surface area contributed by atoms with E-state index in [1.807, 2.05) is 0 Å². The van der Waals surface area contributed by atoms with Crippen LogP contribution < -0.4 is 0 Å². The summed E-state index contributed by atoms with van der Waals surface area (Å²) in [5.74, 6) is 0.115. The fourth-order valence-electron chi connectivity index (χ4n) is 1.00. The van der Waals surface area contributed by atoms with E-state index in [0.29, 0.717) is 13.0 Å². The number of likely N-dealkylation sites (tertiary alicyclic amines) is 1. The van der Waals surface area contributed by atoms with Gasteiger partial charge >= 0.3 is 6.09 Å². The number of carbonyl (C=O) groups is 2. The molecular formula is C6H8BrNO3. The van der Waals surface area contributed by atoms with Crippen LogP contribution in [0.5, 0.6) is 0 Å². The first-order valence-electron chi connectivity index (χ1n) is 3.26. The van der Waals surface area contributed by atoms with Gasteiger partial charge < -0.3 is 5.11 Å². The molecule has 1 fully saturated rings. The standard InChI is InChI=1S/C6H8BrNO3/c7-5-3-4(9)1-2-8(5)6(10)11/h5H,1-3H2,(H,10,11). The molecule has 0 aromatic heterocycles. The quantitative estimate of drug-likeness (QED) is 0.492. The Kier molecular flexibility index (Phi) is 2.49. The molecule has 0 aromatic rings. The van der Waals surface area contributed by atoms with Gasteiger partial charge in [0.15, 0.2) is 0 Å². The number of amides is 1. The summed E-state index contributed by atoms with van der Waals surface area (Å²) in [7, 11) is 0. The topological polar surface area (TPSA) is 57.6 Å². The zero-order chi connectivity index (χ0) is 8.43. The van der Waals surface area contributed by atoms with Gasteiger partial charge in [0, 0.05) is 19.4 Å². The molecule has 62 valence electrons. The number of carbonyl (C=O) groups excluding carboxylic acids is 1. The van der Waals surface area contributed by atoms with Gasteiger partial charge in [-0.2, -0.15) is 0 Å². The maximum atomic E-state index is 10.8. The number of halogens is 1. The van der Waals surface area contributed by atoms with Gasteiger partial charge in [0.1, 0.15) is 5.78 Å². The predicted octanol–water partition coefficient (Wildman–Crippen LogP) is 1.05. The second-order valence-electron chi connectivity index (χ2n) is 2.40. The zero-order valence-corrected chi connectivity index (χ0v) is 7.37. The molecule has 0 bridgehead atoms. The lowest BCUT2D eigenvalue weighted by molar-refractivity contribution is -0.121. The summed E-state index contributed by atoms with van der Waals surface area (Å²) >= 11 is 3.12. The maximum absolute atomic E-state index is 10.8. The highest BCUT2D eigenvalue weighted by atomic mass is 79.9. The SMILES string of the molecule is O=C1CCN(C(=O)O)C(Br)C1. The largest absolute Gasteiger partial charge is 0.465 e. The van der Waals surface area contributed by atoms with Gasteiger partial charge in [0.25, 0.3) is 0 Å². The van der Waals surface area contributed by atoms with Crippen molar-refractivity contribution in [3.8, 4) is 0 Å². The van der Waals surface area contributed by atoms with E-state index in [1.54, 1.807) is 0 Å². The van der Waals surface area contributed by atoms with Crippen LogP contribution in [0.4, 0.5) is 4.79 Å². The highest BCUT2D eigenvalue weighted by Gasteiger charge is 2.27. The highest BCUT2D eigenvalue weighted by molar-refractivity contribution is 9.09. The Morgan fingerprint density at radius 2 is 2.36 bits per heavy atom. The van der Waals surface area contributed by atoms with Crippen LogP contribution in [0.1, 0.15) is 12.8 Å². The molecular weight excluding hydrogens is 214 g/mol. The molecule has 1 heterocycles. The normalized spacial score (nSPS) is 25.4. The minimum atomic E-state index is -0.973. The van der Waals surface area contributed by atoms with Gasteiger partial charge in [-0.3, -0.25) is 9.69 Å². The van der Waals surface area contributed by atoms with Crippen molar-refractivity contribution < 1.29 is 14.7 Å². The molecule has 0 spiro atoms. The van der Waals surface area contributed by atoms with Crippen molar-refractivity contribution in [2.75, 3.05) is 6.54 Å². The van der Waals surface area contributed by atoms with Crippen LogP contribution in [-0.2, 0) is 4.79 Å². The average molecular weight is 222 g/mol. The van der Waals surface area contributed by atoms with Crippen LogP contribution in [0.15, 0.2) is 0 Å². The molecule has 1 amide bonds. The van der Waals surface area contributed by atoms with E-state index in [2.05, 4.69) is 15.9 Å². The highest BCUT2D eigenvalue weighted by Crippen LogP contribution is 2.18. The van der Waals surface area contributed by atoms with Crippen molar-refractivity contribution in [3.05, 3.63) is 0 Å². The van der Waals surface area contributed by atoms with Gasteiger partial charge in [-0.1, -0.05) is 15.9 Å². The summed E-state index contributed by atoms with van der Waals surface area (Å²) in [4.78, 5) is 22.1. The van der Waals surface area contributed by atoms with Crippen molar-refractivity contribution in [3.63, 3.8) is 0 Å². The third kappa shape index (κ3) is 1.92. The molecule has 1 N–H and O–H groups in total. The lowest BCUT2D eigenvalue weighted by Crippen LogP contribution is -2.42. The van der Waals surface area contributed by atoms with E-state index >= 15 is 0 Å². The Hall–Kier alpha value is -0.580. The molecule has 1 atom stereocenters. The zero-order valence-electron chi connectivity index (χ0n) is 5.79. The molecule has 1 aliphatic heterocycles. The van der Waals surface area contributed by atoms with Gasteiger partial charge in [0.05, 0.1) is 4.95 Å². The molecule has 1 aliphatic rings. The molecule has 0 radical (unpaired) electrons. The molecule has 0 aromatic carbocycles. The van der Waals surface area contributed by atoms with Crippen LogP contribution in [0.25, 0.3) is 0 Å². The van der Waals surface area contributed by atoms with Crippen molar-refractivity contribution in [2.24, 2.45) is 0 Å². The number of piperidine rings is 1. The maximum Gasteiger partial charge on any atom is 0.408 e. The monoisotopic (exact) mass is 221 g/mol. The summed E-state index contributed by atoms with van der Waals surface area (Å²) in [5.41, 5.74) is 0. The molecule has 5 heteroatoms.